The molecule has 1 N–H and O–H groups in total. The lowest BCUT2D eigenvalue weighted by Gasteiger charge is -2.32. The van der Waals surface area contributed by atoms with Gasteiger partial charge in [0.05, 0.1) is 12.6 Å². The van der Waals surface area contributed by atoms with Crippen LogP contribution in [0.1, 0.15) is 60.2 Å². The molecule has 1 saturated heterocycles. The molecule has 2 aliphatic rings. The van der Waals surface area contributed by atoms with Crippen molar-refractivity contribution in [2.24, 2.45) is 5.92 Å². The maximum absolute atomic E-state index is 11.7. The van der Waals surface area contributed by atoms with Crippen LogP contribution >= 0.6 is 0 Å². The quantitative estimate of drug-likeness (QED) is 0.907. The molecule has 2 aromatic rings. The molecule has 3 heterocycles. The molecule has 0 bridgehead atoms. The van der Waals surface area contributed by atoms with Crippen LogP contribution in [0.15, 0.2) is 28.8 Å². The molecule has 6 nitrogen and oxygen atoms in total. The van der Waals surface area contributed by atoms with Crippen LogP contribution in [0.5, 0.6) is 0 Å². The van der Waals surface area contributed by atoms with Crippen LogP contribution in [-0.2, 0) is 6.54 Å². The molecule has 0 radical (unpaired) electrons. The molecule has 1 aliphatic heterocycles. The topological polar surface area (TPSA) is 63.3 Å². The van der Waals surface area contributed by atoms with Crippen LogP contribution < -0.4 is 5.32 Å². The number of carbonyl (C=O) groups excluding carboxylic acids is 1. The average Bonchev–Trinajstić information content (AvgIpc) is 3.05. The van der Waals surface area contributed by atoms with Gasteiger partial charge in [-0.05, 0) is 49.9 Å². The van der Waals surface area contributed by atoms with Crippen LogP contribution in [0.2, 0.25) is 0 Å². The largest absolute Gasteiger partial charge is 0.464 e. The number of rotatable bonds is 5. The second kappa shape index (κ2) is 6.67. The summed E-state index contributed by atoms with van der Waals surface area (Å²) in [6.07, 6.45) is 5.39. The summed E-state index contributed by atoms with van der Waals surface area (Å²) in [5, 5.41) is 7.07. The second-order valence-electron chi connectivity index (χ2n) is 7.41. The Labute approximate surface area is 148 Å². The Kier molecular flexibility index (Phi) is 4.37. The van der Waals surface area contributed by atoms with Crippen molar-refractivity contribution in [1.29, 1.82) is 0 Å². The zero-order valence-corrected chi connectivity index (χ0v) is 14.9. The highest BCUT2D eigenvalue weighted by molar-refractivity contribution is 5.91. The van der Waals surface area contributed by atoms with E-state index in [0.29, 0.717) is 17.7 Å². The number of nitrogens with zero attached hydrogens (tertiary/aromatic N) is 3. The van der Waals surface area contributed by atoms with E-state index in [2.05, 4.69) is 34.4 Å². The number of furan rings is 1. The summed E-state index contributed by atoms with van der Waals surface area (Å²) in [4.78, 5) is 14.1. The fraction of sp³-hybridized carbons (Fsp3) is 0.579. The smallest absolute Gasteiger partial charge is 0.271 e. The maximum Gasteiger partial charge on any atom is 0.271 e. The minimum Gasteiger partial charge on any atom is -0.464 e. The van der Waals surface area contributed by atoms with E-state index in [1.165, 1.54) is 6.42 Å². The molecular weight excluding hydrogens is 316 g/mol. The Morgan fingerprint density at radius 3 is 3.00 bits per heavy atom. The molecule has 0 aromatic carbocycles. The lowest BCUT2D eigenvalue weighted by molar-refractivity contribution is 0.0955. The van der Waals surface area contributed by atoms with Crippen molar-refractivity contribution < 1.29 is 9.21 Å². The van der Waals surface area contributed by atoms with Crippen LogP contribution in [0.4, 0.5) is 0 Å². The number of carbonyl (C=O) groups is 1. The summed E-state index contributed by atoms with van der Waals surface area (Å²) < 4.78 is 8.00. The first kappa shape index (κ1) is 16.4. The number of hydrogen-bond acceptors (Lipinski definition) is 4. The Balaban J connectivity index is 1.38. The summed E-state index contributed by atoms with van der Waals surface area (Å²) >= 11 is 0. The molecule has 1 aliphatic carbocycles. The molecule has 134 valence electrons. The minimum absolute atomic E-state index is 0.135. The van der Waals surface area contributed by atoms with Gasteiger partial charge in [0, 0.05) is 25.7 Å². The fourth-order valence-corrected chi connectivity index (χ4v) is 3.80. The Hall–Kier alpha value is -2.08. The van der Waals surface area contributed by atoms with Crippen molar-refractivity contribution in [3.05, 3.63) is 41.6 Å². The summed E-state index contributed by atoms with van der Waals surface area (Å²) in [5.74, 6) is 3.48. The molecule has 0 spiro atoms. The normalized spacial score (nSPS) is 26.6. The van der Waals surface area contributed by atoms with Gasteiger partial charge in [-0.15, -0.1) is 0 Å². The second-order valence-corrected chi connectivity index (χ2v) is 7.41. The zero-order chi connectivity index (χ0) is 17.4. The number of aromatic nitrogens is 2. The van der Waals surface area contributed by atoms with Crippen molar-refractivity contribution >= 4 is 5.91 Å². The van der Waals surface area contributed by atoms with E-state index in [1.807, 2.05) is 10.9 Å². The van der Waals surface area contributed by atoms with E-state index < -0.39 is 0 Å². The highest BCUT2D eigenvalue weighted by Gasteiger charge is 2.36. The van der Waals surface area contributed by atoms with Gasteiger partial charge in [0.1, 0.15) is 17.2 Å². The lowest BCUT2D eigenvalue weighted by Crippen LogP contribution is -2.36. The fourth-order valence-electron chi connectivity index (χ4n) is 3.80. The van der Waals surface area contributed by atoms with Crippen molar-refractivity contribution in [1.82, 2.24) is 20.0 Å². The van der Waals surface area contributed by atoms with Crippen molar-refractivity contribution in [2.75, 3.05) is 20.1 Å². The molecule has 3 atom stereocenters. The molecule has 2 aromatic heterocycles. The number of hydrogen-bond donors (Lipinski definition) is 1. The number of piperidine rings is 1. The maximum atomic E-state index is 11.7. The van der Waals surface area contributed by atoms with E-state index >= 15 is 0 Å². The average molecular weight is 342 g/mol. The molecule has 1 amide bonds. The number of amides is 1. The predicted molar refractivity (Wildman–Crippen MR) is 94.4 cm³/mol. The first-order chi connectivity index (χ1) is 12.1. The lowest BCUT2D eigenvalue weighted by atomic mass is 10.1. The predicted octanol–water partition coefficient (Wildman–Crippen LogP) is 2.80. The van der Waals surface area contributed by atoms with E-state index in [-0.39, 0.29) is 5.91 Å². The third kappa shape index (κ3) is 3.49. The minimum atomic E-state index is -0.135. The van der Waals surface area contributed by atoms with Crippen LogP contribution in [0, 0.1) is 5.92 Å². The standard InChI is InChI=1S/C19H26N4O2/c1-13-10-16(13)18-6-5-15(25-18)12-22-8-3-4-14(11-22)23-9-7-17(21-23)19(24)20-2/h5-7,9,13-14,16H,3-4,8,10-12H2,1-2H3,(H,20,24)/t13-,14-,16+/m1/s1. The molecule has 4 rings (SSSR count). The van der Waals surface area contributed by atoms with Gasteiger partial charge in [0.15, 0.2) is 0 Å². The SMILES string of the molecule is CNC(=O)c1ccn([C@@H]2CCCN(Cc3ccc([C@H]4C[C@H]4C)o3)C2)n1. The molecule has 0 unspecified atom stereocenters. The molecule has 6 heteroatoms. The van der Waals surface area contributed by atoms with Gasteiger partial charge in [-0.25, -0.2) is 0 Å². The van der Waals surface area contributed by atoms with Crippen LogP contribution in [0.3, 0.4) is 0 Å². The van der Waals surface area contributed by atoms with Gasteiger partial charge < -0.3 is 9.73 Å². The summed E-state index contributed by atoms with van der Waals surface area (Å²) in [6, 6.07) is 6.37. The Morgan fingerprint density at radius 1 is 1.40 bits per heavy atom. The monoisotopic (exact) mass is 342 g/mol. The highest BCUT2D eigenvalue weighted by atomic mass is 16.3. The van der Waals surface area contributed by atoms with Crippen LogP contribution in [0.25, 0.3) is 0 Å². The van der Waals surface area contributed by atoms with E-state index in [0.717, 1.165) is 49.9 Å². The zero-order valence-electron chi connectivity index (χ0n) is 14.9. The summed E-state index contributed by atoms with van der Waals surface area (Å²) in [7, 11) is 1.63. The van der Waals surface area contributed by atoms with Crippen molar-refractivity contribution in [2.45, 2.75) is 44.7 Å². The van der Waals surface area contributed by atoms with Gasteiger partial charge >= 0.3 is 0 Å². The molecular formula is C19H26N4O2. The van der Waals surface area contributed by atoms with Crippen LogP contribution in [-0.4, -0.2) is 40.7 Å². The molecule has 2 fully saturated rings. The van der Waals surface area contributed by atoms with Gasteiger partial charge in [0.2, 0.25) is 0 Å². The molecule has 1 saturated carbocycles. The highest BCUT2D eigenvalue weighted by Crippen LogP contribution is 2.47. The van der Waals surface area contributed by atoms with Gasteiger partial charge in [-0.2, -0.15) is 5.10 Å². The van der Waals surface area contributed by atoms with E-state index in [4.69, 9.17) is 4.42 Å². The van der Waals surface area contributed by atoms with Crippen molar-refractivity contribution in [3.63, 3.8) is 0 Å². The van der Waals surface area contributed by atoms with Gasteiger partial charge in [0.25, 0.3) is 5.91 Å². The molecule has 25 heavy (non-hydrogen) atoms. The first-order valence-corrected chi connectivity index (χ1v) is 9.22. The van der Waals surface area contributed by atoms with E-state index in [9.17, 15) is 4.79 Å². The number of likely N-dealkylation sites (tertiary alicyclic amines) is 1. The Bertz CT molecular complexity index is 750. The summed E-state index contributed by atoms with van der Waals surface area (Å²) in [5.41, 5.74) is 0.480. The third-order valence-electron chi connectivity index (χ3n) is 5.46. The number of nitrogens with one attached hydrogen (secondary N) is 1. The van der Waals surface area contributed by atoms with Gasteiger partial charge in [-0.3, -0.25) is 14.4 Å². The Morgan fingerprint density at radius 2 is 2.24 bits per heavy atom. The summed E-state index contributed by atoms with van der Waals surface area (Å²) in [6.45, 7) is 5.14. The first-order valence-electron chi connectivity index (χ1n) is 9.22. The van der Waals surface area contributed by atoms with Crippen molar-refractivity contribution in [3.8, 4) is 0 Å². The third-order valence-corrected chi connectivity index (χ3v) is 5.46. The van der Waals surface area contributed by atoms with Gasteiger partial charge in [-0.1, -0.05) is 6.92 Å². The van der Waals surface area contributed by atoms with E-state index in [1.54, 1.807) is 13.1 Å².